The third-order valence-electron chi connectivity index (χ3n) is 2.46. The van der Waals surface area contributed by atoms with Crippen molar-refractivity contribution < 1.29 is 4.74 Å². The Hall–Kier alpha value is -0.570. The summed E-state index contributed by atoms with van der Waals surface area (Å²) in [7, 11) is 0. The van der Waals surface area contributed by atoms with E-state index in [0.717, 1.165) is 32.5 Å². The van der Waals surface area contributed by atoms with Crippen LogP contribution in [0.5, 0.6) is 0 Å². The molecule has 0 amide bonds. The summed E-state index contributed by atoms with van der Waals surface area (Å²) >= 11 is 0. The summed E-state index contributed by atoms with van der Waals surface area (Å²) in [5.41, 5.74) is 5.30. The normalized spacial score (nSPS) is 11.6. The van der Waals surface area contributed by atoms with Gasteiger partial charge in [-0.2, -0.15) is 0 Å². The second kappa shape index (κ2) is 6.82. The van der Waals surface area contributed by atoms with Crippen molar-refractivity contribution in [2.45, 2.75) is 46.5 Å². The molecule has 0 aromatic heterocycles. The van der Waals surface area contributed by atoms with Gasteiger partial charge in [-0.15, -0.1) is 0 Å². The van der Waals surface area contributed by atoms with Crippen molar-refractivity contribution in [2.75, 3.05) is 13.2 Å². The predicted octanol–water partition coefficient (Wildman–Crippen LogP) is 2.55. The zero-order valence-corrected chi connectivity index (χ0v) is 9.73. The van der Waals surface area contributed by atoms with Gasteiger partial charge in [0, 0.05) is 18.6 Å². The molecule has 0 saturated carbocycles. The highest BCUT2D eigenvalue weighted by Crippen LogP contribution is 2.21. The second-order valence-corrected chi connectivity index (χ2v) is 4.37. The number of amidine groups is 1. The highest BCUT2D eigenvalue weighted by Gasteiger charge is 2.20. The zero-order chi connectivity index (χ0) is 11.0. The molecule has 3 nitrogen and oxygen atoms in total. The summed E-state index contributed by atoms with van der Waals surface area (Å²) in [6.45, 7) is 7.80. The quantitative estimate of drug-likeness (QED) is 0.359. The van der Waals surface area contributed by atoms with Crippen LogP contribution in [0.15, 0.2) is 0 Å². The topological polar surface area (TPSA) is 59.1 Å². The molecule has 0 heterocycles. The Morgan fingerprint density at radius 2 is 1.86 bits per heavy atom. The third kappa shape index (κ3) is 5.97. The average molecular weight is 200 g/mol. The standard InChI is InChI=1S/C11H24N2O/c1-4-5-8-14-9-6-7-11(2,3)10(12)13/h4-9H2,1-3H3,(H3,12,13). The van der Waals surface area contributed by atoms with Crippen molar-refractivity contribution in [2.24, 2.45) is 11.1 Å². The Morgan fingerprint density at radius 1 is 1.29 bits per heavy atom. The molecule has 0 atom stereocenters. The van der Waals surface area contributed by atoms with Crippen LogP contribution in [0.25, 0.3) is 0 Å². The maximum Gasteiger partial charge on any atom is 0.0963 e. The van der Waals surface area contributed by atoms with Gasteiger partial charge in [0.2, 0.25) is 0 Å². The van der Waals surface area contributed by atoms with Crippen LogP contribution in [0, 0.1) is 10.8 Å². The molecule has 0 radical (unpaired) electrons. The van der Waals surface area contributed by atoms with Gasteiger partial charge in [-0.25, -0.2) is 0 Å². The van der Waals surface area contributed by atoms with Gasteiger partial charge in [0.1, 0.15) is 0 Å². The van der Waals surface area contributed by atoms with E-state index < -0.39 is 0 Å². The lowest BCUT2D eigenvalue weighted by Gasteiger charge is -2.22. The molecule has 0 aromatic carbocycles. The Bertz CT molecular complexity index is 167. The van der Waals surface area contributed by atoms with Crippen molar-refractivity contribution in [1.82, 2.24) is 0 Å². The van der Waals surface area contributed by atoms with Gasteiger partial charge < -0.3 is 10.5 Å². The number of nitrogens with two attached hydrogens (primary N) is 1. The molecule has 0 aromatic rings. The lowest BCUT2D eigenvalue weighted by molar-refractivity contribution is 0.123. The maximum atomic E-state index is 7.38. The van der Waals surface area contributed by atoms with Gasteiger partial charge in [0.25, 0.3) is 0 Å². The van der Waals surface area contributed by atoms with E-state index >= 15 is 0 Å². The highest BCUT2D eigenvalue weighted by molar-refractivity contribution is 5.82. The summed E-state index contributed by atoms with van der Waals surface area (Å²) in [5, 5.41) is 7.38. The fourth-order valence-corrected chi connectivity index (χ4v) is 1.10. The minimum atomic E-state index is -0.173. The molecule has 0 saturated heterocycles. The largest absolute Gasteiger partial charge is 0.387 e. The summed E-state index contributed by atoms with van der Waals surface area (Å²) in [4.78, 5) is 0. The molecule has 0 fully saturated rings. The van der Waals surface area contributed by atoms with Crippen molar-refractivity contribution >= 4 is 5.84 Å². The Kier molecular flexibility index (Phi) is 6.54. The van der Waals surface area contributed by atoms with Crippen LogP contribution in [0.3, 0.4) is 0 Å². The molecule has 0 bridgehead atoms. The van der Waals surface area contributed by atoms with Crippen LogP contribution in [0.4, 0.5) is 0 Å². The van der Waals surface area contributed by atoms with Crippen molar-refractivity contribution in [1.29, 1.82) is 5.41 Å². The molecular weight excluding hydrogens is 176 g/mol. The molecule has 0 spiro atoms. The molecule has 0 unspecified atom stereocenters. The number of rotatable bonds is 8. The van der Waals surface area contributed by atoms with Crippen LogP contribution >= 0.6 is 0 Å². The number of unbranched alkanes of at least 4 members (excludes halogenated alkanes) is 1. The first-order valence-corrected chi connectivity index (χ1v) is 5.43. The maximum absolute atomic E-state index is 7.38. The smallest absolute Gasteiger partial charge is 0.0963 e. The molecule has 84 valence electrons. The van der Waals surface area contributed by atoms with E-state index in [1.807, 2.05) is 13.8 Å². The van der Waals surface area contributed by atoms with Crippen molar-refractivity contribution in [3.05, 3.63) is 0 Å². The summed E-state index contributed by atoms with van der Waals surface area (Å²) in [6.07, 6.45) is 4.22. The van der Waals surface area contributed by atoms with Gasteiger partial charge >= 0.3 is 0 Å². The van der Waals surface area contributed by atoms with Crippen LogP contribution in [0.1, 0.15) is 46.5 Å². The summed E-state index contributed by atoms with van der Waals surface area (Å²) in [6, 6.07) is 0. The van der Waals surface area contributed by atoms with Crippen molar-refractivity contribution in [3.63, 3.8) is 0 Å². The molecule has 0 aliphatic carbocycles. The molecule has 0 aliphatic rings. The number of nitrogens with one attached hydrogen (secondary N) is 1. The van der Waals surface area contributed by atoms with E-state index in [1.165, 1.54) is 6.42 Å². The van der Waals surface area contributed by atoms with Crippen LogP contribution < -0.4 is 5.73 Å². The highest BCUT2D eigenvalue weighted by atomic mass is 16.5. The molecular formula is C11H24N2O. The first-order chi connectivity index (χ1) is 6.50. The lowest BCUT2D eigenvalue weighted by Crippen LogP contribution is -2.31. The Morgan fingerprint density at radius 3 is 2.36 bits per heavy atom. The summed E-state index contributed by atoms with van der Waals surface area (Å²) in [5.74, 6) is 0.269. The van der Waals surface area contributed by atoms with E-state index in [4.69, 9.17) is 15.9 Å². The zero-order valence-electron chi connectivity index (χ0n) is 9.73. The number of ether oxygens (including phenoxy) is 1. The lowest BCUT2D eigenvalue weighted by atomic mass is 9.87. The van der Waals surface area contributed by atoms with E-state index in [2.05, 4.69) is 6.92 Å². The van der Waals surface area contributed by atoms with E-state index in [-0.39, 0.29) is 11.3 Å². The Labute approximate surface area is 87.5 Å². The molecule has 0 aliphatic heterocycles. The fraction of sp³-hybridized carbons (Fsp3) is 0.909. The molecule has 3 N–H and O–H groups in total. The Balaban J connectivity index is 3.40. The van der Waals surface area contributed by atoms with Crippen molar-refractivity contribution in [3.8, 4) is 0 Å². The van der Waals surface area contributed by atoms with Crippen LogP contribution in [0.2, 0.25) is 0 Å². The van der Waals surface area contributed by atoms with E-state index in [9.17, 15) is 0 Å². The second-order valence-electron chi connectivity index (χ2n) is 4.37. The minimum Gasteiger partial charge on any atom is -0.387 e. The number of hydrogen-bond donors (Lipinski definition) is 2. The van der Waals surface area contributed by atoms with Gasteiger partial charge in [-0.05, 0) is 19.3 Å². The predicted molar refractivity (Wildman–Crippen MR) is 60.7 cm³/mol. The van der Waals surface area contributed by atoms with Gasteiger partial charge in [0.05, 0.1) is 5.84 Å². The van der Waals surface area contributed by atoms with Gasteiger partial charge in [-0.3, -0.25) is 5.41 Å². The fourth-order valence-electron chi connectivity index (χ4n) is 1.10. The molecule has 3 heteroatoms. The van der Waals surface area contributed by atoms with E-state index in [1.54, 1.807) is 0 Å². The minimum absolute atomic E-state index is 0.173. The first kappa shape index (κ1) is 13.4. The molecule has 14 heavy (non-hydrogen) atoms. The number of hydrogen-bond acceptors (Lipinski definition) is 2. The third-order valence-corrected chi connectivity index (χ3v) is 2.46. The van der Waals surface area contributed by atoms with E-state index in [0.29, 0.717) is 0 Å². The van der Waals surface area contributed by atoms with Crippen LogP contribution in [-0.4, -0.2) is 19.0 Å². The monoisotopic (exact) mass is 200 g/mol. The van der Waals surface area contributed by atoms with Gasteiger partial charge in [-0.1, -0.05) is 27.2 Å². The van der Waals surface area contributed by atoms with Gasteiger partial charge in [0.15, 0.2) is 0 Å². The van der Waals surface area contributed by atoms with Crippen LogP contribution in [-0.2, 0) is 4.74 Å². The SMILES string of the molecule is CCCCOCCCC(C)(C)C(=N)N. The summed E-state index contributed by atoms with van der Waals surface area (Å²) < 4.78 is 5.44. The first-order valence-electron chi connectivity index (χ1n) is 5.43. The molecule has 0 rings (SSSR count). The average Bonchev–Trinajstić information content (AvgIpc) is 2.10.